The van der Waals surface area contributed by atoms with Gasteiger partial charge in [-0.2, -0.15) is 8.42 Å². The highest BCUT2D eigenvalue weighted by molar-refractivity contribution is 7.86. The van der Waals surface area contributed by atoms with Gasteiger partial charge in [0.1, 0.15) is 0 Å². The fraction of sp³-hybridized carbons (Fsp3) is 0.231. The fourth-order valence-corrected chi connectivity index (χ4v) is 2.44. The molecule has 2 rings (SSSR count). The number of benzene rings is 1. The normalized spacial score (nSPS) is 12.6. The van der Waals surface area contributed by atoms with Gasteiger partial charge >= 0.3 is 5.69 Å². The molecule has 1 heterocycles. The monoisotopic (exact) mass is 357 g/mol. The topological polar surface area (TPSA) is 122 Å². The zero-order valence-electron chi connectivity index (χ0n) is 12.5. The highest BCUT2D eigenvalue weighted by Gasteiger charge is 2.26. The Hall–Kier alpha value is -2.66. The highest BCUT2D eigenvalue weighted by atomic mass is 32.2. The summed E-state index contributed by atoms with van der Waals surface area (Å²) < 4.78 is 45.7. The third kappa shape index (κ3) is 4.20. The molecule has 11 heteroatoms. The predicted octanol–water partition coefficient (Wildman–Crippen LogP) is 1.60. The molecule has 9 nitrogen and oxygen atoms in total. The van der Waals surface area contributed by atoms with Gasteiger partial charge in [0, 0.05) is 6.07 Å². The Kier molecular flexibility index (Phi) is 5.04. The van der Waals surface area contributed by atoms with E-state index in [1.54, 1.807) is 0 Å². The number of nitro groups is 1. The molecule has 128 valence electrons. The molecule has 0 radical (unpaired) electrons. The summed E-state index contributed by atoms with van der Waals surface area (Å²) in [4.78, 5) is 17.8. The lowest BCUT2D eigenvalue weighted by Gasteiger charge is -2.15. The molecule has 1 atom stereocenters. The SMILES string of the molecule is COc1ccc(C(OS(C)(=O)=O)c2ncc(F)cn2)cc1[N+](=O)[O-]. The quantitative estimate of drug-likeness (QED) is 0.434. The smallest absolute Gasteiger partial charge is 0.311 e. The molecule has 0 bridgehead atoms. The number of ether oxygens (including phenoxy) is 1. The predicted molar refractivity (Wildman–Crippen MR) is 79.4 cm³/mol. The van der Waals surface area contributed by atoms with Crippen LogP contribution in [0, 0.1) is 15.9 Å². The number of nitro benzene ring substituents is 1. The number of hydrogen-bond acceptors (Lipinski definition) is 8. The van der Waals surface area contributed by atoms with Crippen LogP contribution in [-0.2, 0) is 14.3 Å². The highest BCUT2D eigenvalue weighted by Crippen LogP contribution is 2.33. The molecule has 1 unspecified atom stereocenters. The van der Waals surface area contributed by atoms with E-state index in [0.717, 1.165) is 24.7 Å². The number of methoxy groups -OCH3 is 1. The Bertz CT molecular complexity index is 857. The lowest BCUT2D eigenvalue weighted by molar-refractivity contribution is -0.385. The van der Waals surface area contributed by atoms with Crippen molar-refractivity contribution in [2.24, 2.45) is 0 Å². The molecule has 1 aromatic carbocycles. The first-order valence-corrected chi connectivity index (χ1v) is 8.21. The van der Waals surface area contributed by atoms with Crippen molar-refractivity contribution in [2.75, 3.05) is 13.4 Å². The Morgan fingerprint density at radius 1 is 1.29 bits per heavy atom. The second-order valence-corrected chi connectivity index (χ2v) is 6.23. The lowest BCUT2D eigenvalue weighted by Crippen LogP contribution is -2.15. The van der Waals surface area contributed by atoms with Crippen molar-refractivity contribution in [3.8, 4) is 5.75 Å². The van der Waals surface area contributed by atoms with Crippen molar-refractivity contribution in [1.29, 1.82) is 0 Å². The van der Waals surface area contributed by atoms with E-state index in [9.17, 15) is 22.9 Å². The lowest BCUT2D eigenvalue weighted by atomic mass is 10.1. The van der Waals surface area contributed by atoms with Crippen molar-refractivity contribution in [2.45, 2.75) is 6.10 Å². The average molecular weight is 357 g/mol. The van der Waals surface area contributed by atoms with E-state index in [1.807, 2.05) is 0 Å². The molecule has 0 aliphatic rings. The maximum atomic E-state index is 13.0. The van der Waals surface area contributed by atoms with Gasteiger partial charge in [-0.25, -0.2) is 14.4 Å². The Morgan fingerprint density at radius 2 is 1.92 bits per heavy atom. The van der Waals surface area contributed by atoms with Crippen LogP contribution in [-0.4, -0.2) is 36.7 Å². The summed E-state index contributed by atoms with van der Waals surface area (Å²) in [5.74, 6) is -0.902. The van der Waals surface area contributed by atoms with Gasteiger partial charge in [-0.15, -0.1) is 0 Å². The molecule has 0 N–H and O–H groups in total. The summed E-state index contributed by atoms with van der Waals surface area (Å²) >= 11 is 0. The first kappa shape index (κ1) is 17.7. The molecular weight excluding hydrogens is 345 g/mol. The number of rotatable bonds is 6. The number of halogens is 1. The van der Waals surface area contributed by atoms with Gasteiger partial charge in [0.25, 0.3) is 10.1 Å². The van der Waals surface area contributed by atoms with Crippen LogP contribution in [0.4, 0.5) is 10.1 Å². The van der Waals surface area contributed by atoms with Crippen molar-refractivity contribution >= 4 is 15.8 Å². The van der Waals surface area contributed by atoms with Gasteiger partial charge in [-0.05, 0) is 11.6 Å². The maximum absolute atomic E-state index is 13.0. The van der Waals surface area contributed by atoms with E-state index in [0.29, 0.717) is 0 Å². The summed E-state index contributed by atoms with van der Waals surface area (Å²) in [5.41, 5.74) is -0.293. The minimum atomic E-state index is -3.95. The van der Waals surface area contributed by atoms with E-state index in [-0.39, 0.29) is 22.8 Å². The van der Waals surface area contributed by atoms with Gasteiger partial charge in [0.2, 0.25) is 0 Å². The summed E-state index contributed by atoms with van der Waals surface area (Å²) in [6.07, 6.45) is 1.10. The molecule has 0 aliphatic carbocycles. The van der Waals surface area contributed by atoms with Crippen LogP contribution in [0.5, 0.6) is 5.75 Å². The van der Waals surface area contributed by atoms with E-state index in [4.69, 9.17) is 8.92 Å². The van der Waals surface area contributed by atoms with Gasteiger partial charge in [-0.3, -0.25) is 14.3 Å². The van der Waals surface area contributed by atoms with Gasteiger partial charge in [0.15, 0.2) is 23.5 Å². The van der Waals surface area contributed by atoms with Crippen molar-refractivity contribution < 1.29 is 26.7 Å². The molecule has 2 aromatic rings. The average Bonchev–Trinajstić information content (AvgIpc) is 2.52. The largest absolute Gasteiger partial charge is 0.490 e. The molecule has 24 heavy (non-hydrogen) atoms. The Morgan fingerprint density at radius 3 is 2.42 bits per heavy atom. The van der Waals surface area contributed by atoms with Crippen molar-refractivity contribution in [3.05, 3.63) is 57.9 Å². The molecule has 0 saturated carbocycles. The zero-order valence-corrected chi connectivity index (χ0v) is 13.4. The molecule has 0 amide bonds. The molecule has 0 saturated heterocycles. The van der Waals surface area contributed by atoms with E-state index < -0.39 is 27.0 Å². The van der Waals surface area contributed by atoms with E-state index >= 15 is 0 Å². The second kappa shape index (κ2) is 6.84. The summed E-state index contributed by atoms with van der Waals surface area (Å²) in [6, 6.07) is 3.74. The van der Waals surface area contributed by atoms with Gasteiger partial charge < -0.3 is 4.74 Å². The molecule has 1 aromatic heterocycles. The number of nitrogens with zero attached hydrogens (tertiary/aromatic N) is 3. The molecule has 0 spiro atoms. The minimum absolute atomic E-state index is 0.0121. The third-order valence-electron chi connectivity index (χ3n) is 2.85. The van der Waals surface area contributed by atoms with Crippen molar-refractivity contribution in [1.82, 2.24) is 9.97 Å². The van der Waals surface area contributed by atoms with Gasteiger partial charge in [-0.1, -0.05) is 6.07 Å². The summed E-state index contributed by atoms with van der Waals surface area (Å²) in [6.45, 7) is 0. The van der Waals surface area contributed by atoms with Crippen molar-refractivity contribution in [3.63, 3.8) is 0 Å². The standard InChI is InChI=1S/C13H12FN3O6S/c1-22-11-4-3-8(5-10(11)17(18)19)12(23-24(2,20)21)13-15-6-9(14)7-16-13/h3-7,12H,1-2H3. The minimum Gasteiger partial charge on any atom is -0.490 e. The number of hydrogen-bond donors (Lipinski definition) is 0. The number of aromatic nitrogens is 2. The molecule has 0 fully saturated rings. The summed E-state index contributed by atoms with van der Waals surface area (Å²) in [7, 11) is -2.69. The molecular formula is C13H12FN3O6S. The van der Waals surface area contributed by atoms with Crippen LogP contribution in [0.15, 0.2) is 30.6 Å². The van der Waals surface area contributed by atoms with Crippen LogP contribution in [0.3, 0.4) is 0 Å². The summed E-state index contributed by atoms with van der Waals surface area (Å²) in [5, 5.41) is 11.1. The molecule has 0 aliphatic heterocycles. The Balaban J connectivity index is 2.57. The van der Waals surface area contributed by atoms with Crippen LogP contribution in [0.2, 0.25) is 0 Å². The van der Waals surface area contributed by atoms with Gasteiger partial charge in [0.05, 0.1) is 30.7 Å². The van der Waals surface area contributed by atoms with E-state index in [2.05, 4.69) is 9.97 Å². The van der Waals surface area contributed by atoms with Crippen LogP contribution < -0.4 is 4.74 Å². The van der Waals surface area contributed by atoms with E-state index in [1.165, 1.54) is 19.2 Å². The Labute approximate surface area is 136 Å². The van der Waals surface area contributed by atoms with Crippen LogP contribution in [0.1, 0.15) is 17.5 Å². The third-order valence-corrected chi connectivity index (χ3v) is 3.39. The first-order chi connectivity index (χ1) is 11.2. The zero-order chi connectivity index (χ0) is 17.9. The first-order valence-electron chi connectivity index (χ1n) is 6.39. The van der Waals surface area contributed by atoms with Crippen LogP contribution in [0.25, 0.3) is 0 Å². The van der Waals surface area contributed by atoms with Crippen LogP contribution >= 0.6 is 0 Å². The fourth-order valence-electron chi connectivity index (χ4n) is 1.89. The maximum Gasteiger partial charge on any atom is 0.311 e. The second-order valence-electron chi connectivity index (χ2n) is 4.63.